The molecule has 2 aromatic carbocycles. The van der Waals surface area contributed by atoms with Crippen LogP contribution in [0.1, 0.15) is 22.4 Å². The second-order valence-corrected chi connectivity index (χ2v) is 7.97. The Morgan fingerprint density at radius 1 is 0.808 bits per heavy atom. The van der Waals surface area contributed by atoms with Gasteiger partial charge in [-0.15, -0.1) is 0 Å². The number of pyridine rings is 1. The topological polar surface area (TPSA) is 8.29 Å². The average Bonchev–Trinajstić information content (AvgIpc) is 3.10. The minimum Gasteiger partial charge on any atom is -0.201 e. The molecule has 2 nitrogen and oxygen atoms in total. The Morgan fingerprint density at radius 3 is 2.35 bits per heavy atom. The summed E-state index contributed by atoms with van der Waals surface area (Å²) in [7, 11) is 0. The number of nitrogens with zero attached hydrogens (tertiary/aromatic N) is 2. The van der Waals surface area contributed by atoms with Crippen molar-refractivity contribution < 1.29 is 4.57 Å². The fourth-order valence-electron chi connectivity index (χ4n) is 3.86. The molecule has 26 heavy (non-hydrogen) atoms. The number of hydrogen-bond acceptors (Lipinski definition) is 0. The van der Waals surface area contributed by atoms with Crippen LogP contribution in [0.4, 0.5) is 0 Å². The summed E-state index contributed by atoms with van der Waals surface area (Å²) in [5, 5.41) is 0. The molecule has 0 atom stereocenters. The average molecular weight is 404 g/mol. The van der Waals surface area contributed by atoms with Gasteiger partial charge in [-0.2, -0.15) is 4.40 Å². The van der Waals surface area contributed by atoms with E-state index in [1.165, 1.54) is 33.6 Å². The van der Waals surface area contributed by atoms with Crippen LogP contribution in [0.3, 0.4) is 0 Å². The van der Waals surface area contributed by atoms with Gasteiger partial charge in [0.15, 0.2) is 5.52 Å². The van der Waals surface area contributed by atoms with Crippen molar-refractivity contribution in [3.63, 3.8) is 0 Å². The maximum atomic E-state index is 3.59. The van der Waals surface area contributed by atoms with E-state index in [0.717, 1.165) is 30.2 Å². The highest BCUT2D eigenvalue weighted by Gasteiger charge is 2.17. The van der Waals surface area contributed by atoms with E-state index in [0.29, 0.717) is 0 Å². The molecular formula is C23H20BrN2+. The molecule has 4 bridgehead atoms. The van der Waals surface area contributed by atoms with Crippen molar-refractivity contribution >= 4 is 21.4 Å². The monoisotopic (exact) mass is 403 g/mol. The molecular weight excluding hydrogens is 384 g/mol. The summed E-state index contributed by atoms with van der Waals surface area (Å²) in [4.78, 5) is 0. The maximum absolute atomic E-state index is 3.59. The molecule has 128 valence electrons. The zero-order valence-electron chi connectivity index (χ0n) is 14.5. The fourth-order valence-corrected chi connectivity index (χ4v) is 4.25. The number of aromatic nitrogens is 2. The van der Waals surface area contributed by atoms with Crippen molar-refractivity contribution in [3.05, 3.63) is 100 Å². The molecule has 8 rings (SSSR count). The lowest BCUT2D eigenvalue weighted by atomic mass is 9.99. The smallest absolute Gasteiger partial charge is 0.201 e. The number of benzene rings is 2. The van der Waals surface area contributed by atoms with Crippen LogP contribution in [0.15, 0.2) is 77.7 Å². The third-order valence-electron chi connectivity index (χ3n) is 5.36. The normalized spacial score (nSPS) is 13.7. The molecule has 3 heteroatoms. The van der Waals surface area contributed by atoms with E-state index in [1.807, 2.05) is 0 Å². The fraction of sp³-hybridized carbons (Fsp3) is 0.174. The molecule has 2 aliphatic heterocycles. The first-order valence-electron chi connectivity index (χ1n) is 9.14. The Hall–Kier alpha value is -2.39. The Labute approximate surface area is 161 Å². The van der Waals surface area contributed by atoms with E-state index in [2.05, 4.69) is 98.1 Å². The van der Waals surface area contributed by atoms with E-state index in [4.69, 9.17) is 0 Å². The van der Waals surface area contributed by atoms with Crippen LogP contribution >= 0.6 is 15.9 Å². The SMILES string of the molecule is Brc1cccc(-[n+]2cc3c4ccc(n3c2)CCc2ccc(cc2)CC4)c1. The molecule has 4 heterocycles. The van der Waals surface area contributed by atoms with Crippen LogP contribution in [-0.2, 0) is 25.7 Å². The van der Waals surface area contributed by atoms with Gasteiger partial charge in [-0.25, -0.2) is 4.57 Å². The van der Waals surface area contributed by atoms with Crippen molar-refractivity contribution in [1.29, 1.82) is 0 Å². The highest BCUT2D eigenvalue weighted by molar-refractivity contribution is 9.10. The van der Waals surface area contributed by atoms with Crippen molar-refractivity contribution in [3.8, 4) is 5.69 Å². The van der Waals surface area contributed by atoms with Gasteiger partial charge in [0.25, 0.3) is 6.33 Å². The summed E-state index contributed by atoms with van der Waals surface area (Å²) in [6, 6.07) is 22.3. The molecule has 4 aliphatic rings. The lowest BCUT2D eigenvalue weighted by molar-refractivity contribution is -0.594. The molecule has 0 radical (unpaired) electrons. The molecule has 0 saturated carbocycles. The van der Waals surface area contributed by atoms with Crippen LogP contribution in [0.25, 0.3) is 11.2 Å². The standard InChI is InChI=1S/C23H20BrN2/c24-20-2-1-3-22(14-20)25-15-23-19-10-8-17-4-6-18(7-5-17)9-12-21(13-11-19)26(23)16-25/h1-7,11,13-16H,8-10,12H2/q+1. The van der Waals surface area contributed by atoms with Gasteiger partial charge >= 0.3 is 0 Å². The van der Waals surface area contributed by atoms with Gasteiger partial charge in [0, 0.05) is 16.5 Å². The van der Waals surface area contributed by atoms with Gasteiger partial charge < -0.3 is 0 Å². The Kier molecular flexibility index (Phi) is 3.90. The van der Waals surface area contributed by atoms with Crippen LogP contribution in [0, 0.1) is 0 Å². The van der Waals surface area contributed by atoms with Gasteiger partial charge in [0.05, 0.1) is 0 Å². The molecule has 0 unspecified atom stereocenters. The zero-order valence-corrected chi connectivity index (χ0v) is 16.1. The number of rotatable bonds is 1. The van der Waals surface area contributed by atoms with Crippen LogP contribution in [0.2, 0.25) is 0 Å². The largest absolute Gasteiger partial charge is 0.254 e. The first-order chi connectivity index (χ1) is 12.8. The Balaban J connectivity index is 1.66. The second-order valence-electron chi connectivity index (χ2n) is 7.05. The molecule has 0 amide bonds. The van der Waals surface area contributed by atoms with E-state index >= 15 is 0 Å². The lowest BCUT2D eigenvalue weighted by Gasteiger charge is -2.09. The minimum absolute atomic E-state index is 1.04. The quantitative estimate of drug-likeness (QED) is 0.401. The van der Waals surface area contributed by atoms with Crippen molar-refractivity contribution in [1.82, 2.24) is 4.40 Å². The highest BCUT2D eigenvalue weighted by atomic mass is 79.9. The Bertz CT molecular complexity index is 1030. The van der Waals surface area contributed by atoms with Gasteiger partial charge in [0.1, 0.15) is 17.6 Å². The van der Waals surface area contributed by atoms with Gasteiger partial charge in [0.2, 0.25) is 0 Å². The third-order valence-corrected chi connectivity index (χ3v) is 5.85. The summed E-state index contributed by atoms with van der Waals surface area (Å²) in [6.07, 6.45) is 8.76. The van der Waals surface area contributed by atoms with Crippen LogP contribution < -0.4 is 4.57 Å². The van der Waals surface area contributed by atoms with Crippen molar-refractivity contribution in [2.75, 3.05) is 0 Å². The lowest BCUT2D eigenvalue weighted by Crippen LogP contribution is -2.27. The van der Waals surface area contributed by atoms with Crippen LogP contribution in [-0.4, -0.2) is 4.40 Å². The molecule has 0 saturated heterocycles. The van der Waals surface area contributed by atoms with E-state index in [9.17, 15) is 0 Å². The summed E-state index contributed by atoms with van der Waals surface area (Å²) in [5.74, 6) is 0. The van der Waals surface area contributed by atoms with E-state index in [1.54, 1.807) is 0 Å². The molecule has 0 N–H and O–H groups in total. The number of hydrogen-bond donors (Lipinski definition) is 0. The van der Waals surface area contributed by atoms with Gasteiger partial charge in [-0.05, 0) is 54.7 Å². The predicted molar refractivity (Wildman–Crippen MR) is 108 cm³/mol. The molecule has 2 aliphatic carbocycles. The second kappa shape index (κ2) is 6.40. The molecule has 4 aromatic rings. The van der Waals surface area contributed by atoms with Gasteiger partial charge in [-0.3, -0.25) is 0 Å². The molecule has 0 fully saturated rings. The first-order valence-corrected chi connectivity index (χ1v) is 9.93. The summed E-state index contributed by atoms with van der Waals surface area (Å²) >= 11 is 3.59. The zero-order chi connectivity index (χ0) is 17.5. The minimum atomic E-state index is 1.04. The highest BCUT2D eigenvalue weighted by Crippen LogP contribution is 2.20. The van der Waals surface area contributed by atoms with Crippen molar-refractivity contribution in [2.45, 2.75) is 25.7 Å². The van der Waals surface area contributed by atoms with Gasteiger partial charge in [-0.1, -0.05) is 52.3 Å². The summed E-state index contributed by atoms with van der Waals surface area (Å²) in [5.41, 5.74) is 8.10. The number of aryl methyl sites for hydroxylation is 4. The number of imidazole rings is 1. The molecule has 2 aromatic heterocycles. The first kappa shape index (κ1) is 15.8. The number of halogens is 1. The van der Waals surface area contributed by atoms with E-state index < -0.39 is 0 Å². The summed E-state index contributed by atoms with van der Waals surface area (Å²) < 4.78 is 5.72. The predicted octanol–water partition coefficient (Wildman–Crippen LogP) is 4.86. The van der Waals surface area contributed by atoms with Crippen LogP contribution in [0.5, 0.6) is 0 Å². The van der Waals surface area contributed by atoms with E-state index in [-0.39, 0.29) is 0 Å². The van der Waals surface area contributed by atoms with Crippen molar-refractivity contribution in [2.24, 2.45) is 0 Å². The maximum Gasteiger partial charge on any atom is 0.254 e. The molecule has 0 spiro atoms. The summed E-state index contributed by atoms with van der Waals surface area (Å²) in [6.45, 7) is 0. The Morgan fingerprint density at radius 2 is 1.58 bits per heavy atom. The third kappa shape index (κ3) is 2.86.